The maximum Gasteiger partial charge on any atom is 0.220 e. The van der Waals surface area contributed by atoms with Crippen molar-refractivity contribution in [2.45, 2.75) is 52.6 Å². The second-order valence-electron chi connectivity index (χ2n) is 9.02. The summed E-state index contributed by atoms with van der Waals surface area (Å²) in [5.41, 5.74) is 5.41. The second kappa shape index (κ2) is 16.0. The number of ether oxygens (including phenoxy) is 1. The van der Waals surface area contributed by atoms with Crippen LogP contribution in [0.5, 0.6) is 0 Å². The number of halogens is 1. The lowest BCUT2D eigenvalue weighted by atomic mass is 9.96. The third-order valence-corrected chi connectivity index (χ3v) is 5.83. The van der Waals surface area contributed by atoms with Gasteiger partial charge in [-0.2, -0.15) is 0 Å². The molecule has 0 saturated carbocycles. The molecule has 9 heteroatoms. The quantitative estimate of drug-likeness (QED) is 0.156. The van der Waals surface area contributed by atoms with Crippen molar-refractivity contribution in [3.8, 4) is 0 Å². The van der Waals surface area contributed by atoms with E-state index in [9.17, 15) is 4.79 Å². The Bertz CT molecular complexity index is 526. The predicted octanol–water partition coefficient (Wildman–Crippen LogP) is 1.49. The minimum atomic E-state index is -0.139. The van der Waals surface area contributed by atoms with Crippen LogP contribution < -0.4 is 16.4 Å². The second-order valence-corrected chi connectivity index (χ2v) is 9.02. The summed E-state index contributed by atoms with van der Waals surface area (Å²) in [4.78, 5) is 20.9. The lowest BCUT2D eigenvalue weighted by Gasteiger charge is -2.33. The number of nitrogens with zero attached hydrogens (tertiary/aromatic N) is 3. The average molecular weight is 553 g/mol. The van der Waals surface area contributed by atoms with Crippen LogP contribution >= 0.6 is 24.0 Å². The van der Waals surface area contributed by atoms with Gasteiger partial charge in [-0.05, 0) is 58.2 Å². The van der Waals surface area contributed by atoms with Crippen LogP contribution in [0.4, 0.5) is 0 Å². The number of guanidine groups is 1. The van der Waals surface area contributed by atoms with Crippen molar-refractivity contribution in [3.63, 3.8) is 0 Å². The molecule has 4 N–H and O–H groups in total. The van der Waals surface area contributed by atoms with Crippen LogP contribution in [0.15, 0.2) is 4.99 Å². The minimum Gasteiger partial charge on any atom is -0.374 e. The van der Waals surface area contributed by atoms with E-state index in [4.69, 9.17) is 15.5 Å². The number of morpholine rings is 1. The van der Waals surface area contributed by atoms with Gasteiger partial charge in [-0.1, -0.05) is 13.8 Å². The Hall–Kier alpha value is -0.650. The molecule has 0 spiro atoms. The Labute approximate surface area is 206 Å². The van der Waals surface area contributed by atoms with Gasteiger partial charge in [-0.15, -0.1) is 24.0 Å². The number of hydrogen-bond donors (Lipinski definition) is 3. The van der Waals surface area contributed by atoms with Crippen molar-refractivity contribution in [2.24, 2.45) is 22.6 Å². The molecule has 31 heavy (non-hydrogen) atoms. The summed E-state index contributed by atoms with van der Waals surface area (Å²) in [6.45, 7) is 16.1. The summed E-state index contributed by atoms with van der Waals surface area (Å²) >= 11 is 0. The molecule has 0 aliphatic carbocycles. The first-order valence-corrected chi connectivity index (χ1v) is 11.9. The van der Waals surface area contributed by atoms with Gasteiger partial charge in [0.15, 0.2) is 5.96 Å². The summed E-state index contributed by atoms with van der Waals surface area (Å²) in [7, 11) is 0. The highest BCUT2D eigenvalue weighted by atomic mass is 127. The number of rotatable bonds is 11. The van der Waals surface area contributed by atoms with Crippen molar-refractivity contribution in [2.75, 3.05) is 65.5 Å². The fourth-order valence-corrected chi connectivity index (χ4v) is 4.22. The van der Waals surface area contributed by atoms with Crippen molar-refractivity contribution >= 4 is 35.8 Å². The Kier molecular flexibility index (Phi) is 14.7. The third-order valence-electron chi connectivity index (χ3n) is 5.83. The highest BCUT2D eigenvalue weighted by Crippen LogP contribution is 2.16. The van der Waals surface area contributed by atoms with Gasteiger partial charge in [-0.25, -0.2) is 0 Å². The molecule has 2 rings (SSSR count). The van der Waals surface area contributed by atoms with Crippen molar-refractivity contribution in [3.05, 3.63) is 0 Å². The fraction of sp³-hybridized carbons (Fsp3) is 0.909. The first-order valence-electron chi connectivity index (χ1n) is 11.9. The summed E-state index contributed by atoms with van der Waals surface area (Å²) in [6.07, 6.45) is 4.23. The lowest BCUT2D eigenvalue weighted by molar-refractivity contribution is -0.123. The normalized spacial score (nSPS) is 21.7. The zero-order valence-electron chi connectivity index (χ0n) is 19.8. The highest BCUT2D eigenvalue weighted by molar-refractivity contribution is 14.0. The Morgan fingerprint density at radius 2 is 1.90 bits per heavy atom. The summed E-state index contributed by atoms with van der Waals surface area (Å²) in [5.74, 6) is 1.50. The number of nitrogens with two attached hydrogens (primary N) is 1. The van der Waals surface area contributed by atoms with Gasteiger partial charge < -0.3 is 26.0 Å². The number of carbonyl (C=O) groups excluding carboxylic acids is 1. The van der Waals surface area contributed by atoms with E-state index < -0.39 is 0 Å². The van der Waals surface area contributed by atoms with E-state index in [-0.39, 0.29) is 41.9 Å². The van der Waals surface area contributed by atoms with E-state index in [2.05, 4.69) is 41.2 Å². The predicted molar refractivity (Wildman–Crippen MR) is 138 cm³/mol. The topological polar surface area (TPSA) is 95.2 Å². The number of primary amides is 1. The van der Waals surface area contributed by atoms with Gasteiger partial charge >= 0.3 is 0 Å². The van der Waals surface area contributed by atoms with Crippen LogP contribution in [-0.2, 0) is 9.53 Å². The highest BCUT2D eigenvalue weighted by Gasteiger charge is 2.23. The minimum absolute atomic E-state index is 0. The molecule has 0 aromatic rings. The summed E-state index contributed by atoms with van der Waals surface area (Å²) in [6, 6.07) is 0. The molecule has 2 aliphatic rings. The van der Waals surface area contributed by atoms with Crippen LogP contribution in [0.1, 0.15) is 46.5 Å². The number of nitrogens with one attached hydrogen (secondary N) is 2. The van der Waals surface area contributed by atoms with E-state index in [1.807, 2.05) is 0 Å². The number of likely N-dealkylation sites (tertiary alicyclic amines) is 1. The molecular formula is C22H45IN6O2. The van der Waals surface area contributed by atoms with Gasteiger partial charge in [0.2, 0.25) is 5.91 Å². The smallest absolute Gasteiger partial charge is 0.220 e. The molecule has 182 valence electrons. The molecule has 0 aromatic carbocycles. The number of piperidine rings is 1. The standard InChI is InChI=1S/C22H44N6O2.HI/c1-4-24-22(26-15-20-17-28(13-14-30-20)16-18(2)3)25-9-5-6-10-27-11-7-19(8-12-27)21(23)29;/h18-20H,4-17H2,1-3H3,(H2,23,29)(H2,24,25,26);1H. The number of hydrogen-bond acceptors (Lipinski definition) is 5. The SMILES string of the molecule is CCNC(=NCC1CN(CC(C)C)CCO1)NCCCCN1CCC(C(N)=O)CC1.I. The molecule has 0 radical (unpaired) electrons. The maximum absolute atomic E-state index is 11.3. The molecule has 1 amide bonds. The van der Waals surface area contributed by atoms with Gasteiger partial charge in [0.25, 0.3) is 0 Å². The largest absolute Gasteiger partial charge is 0.374 e. The molecule has 0 aromatic heterocycles. The number of aliphatic imine (C=N–C) groups is 1. The van der Waals surface area contributed by atoms with Gasteiger partial charge in [0, 0.05) is 38.6 Å². The van der Waals surface area contributed by atoms with Gasteiger partial charge in [-0.3, -0.25) is 14.7 Å². The molecule has 2 saturated heterocycles. The van der Waals surface area contributed by atoms with Gasteiger partial charge in [0.1, 0.15) is 0 Å². The van der Waals surface area contributed by atoms with Crippen LogP contribution in [-0.4, -0.2) is 93.3 Å². The van der Waals surface area contributed by atoms with Gasteiger partial charge in [0.05, 0.1) is 19.3 Å². The van der Waals surface area contributed by atoms with E-state index in [0.717, 1.165) is 90.6 Å². The van der Waals surface area contributed by atoms with E-state index in [0.29, 0.717) is 12.5 Å². The molecule has 2 aliphatic heterocycles. The Balaban J connectivity index is 0.00000480. The van der Waals surface area contributed by atoms with E-state index >= 15 is 0 Å². The number of carbonyl (C=O) groups is 1. The summed E-state index contributed by atoms with van der Waals surface area (Å²) in [5, 5.41) is 6.79. The third kappa shape index (κ3) is 11.7. The first-order chi connectivity index (χ1) is 14.5. The van der Waals surface area contributed by atoms with Crippen molar-refractivity contribution < 1.29 is 9.53 Å². The number of unbranched alkanes of at least 4 members (excludes halogenated alkanes) is 1. The number of amides is 1. The first kappa shape index (κ1) is 28.4. The molecule has 8 nitrogen and oxygen atoms in total. The van der Waals surface area contributed by atoms with E-state index in [1.165, 1.54) is 0 Å². The van der Waals surface area contributed by atoms with Crippen molar-refractivity contribution in [1.29, 1.82) is 0 Å². The van der Waals surface area contributed by atoms with Crippen LogP contribution in [0.3, 0.4) is 0 Å². The van der Waals surface area contributed by atoms with Crippen LogP contribution in [0, 0.1) is 11.8 Å². The Morgan fingerprint density at radius 3 is 2.55 bits per heavy atom. The lowest BCUT2D eigenvalue weighted by Crippen LogP contribution is -2.46. The monoisotopic (exact) mass is 552 g/mol. The van der Waals surface area contributed by atoms with Crippen LogP contribution in [0.2, 0.25) is 0 Å². The summed E-state index contributed by atoms with van der Waals surface area (Å²) < 4.78 is 5.91. The Morgan fingerprint density at radius 1 is 1.16 bits per heavy atom. The van der Waals surface area contributed by atoms with Crippen molar-refractivity contribution in [1.82, 2.24) is 20.4 Å². The molecule has 2 fully saturated rings. The maximum atomic E-state index is 11.3. The molecule has 1 unspecified atom stereocenters. The van der Waals surface area contributed by atoms with E-state index in [1.54, 1.807) is 0 Å². The molecule has 0 bridgehead atoms. The molecule has 2 heterocycles. The van der Waals surface area contributed by atoms with Crippen LogP contribution in [0.25, 0.3) is 0 Å². The fourth-order valence-electron chi connectivity index (χ4n) is 4.22. The zero-order valence-corrected chi connectivity index (χ0v) is 22.1. The molecular weight excluding hydrogens is 507 g/mol. The average Bonchev–Trinajstić information content (AvgIpc) is 2.72. The zero-order chi connectivity index (χ0) is 21.8. The molecule has 1 atom stereocenters.